The summed E-state index contributed by atoms with van der Waals surface area (Å²) in [4.78, 5) is 16.5. The van der Waals surface area contributed by atoms with Gasteiger partial charge in [-0.15, -0.1) is 21.5 Å². The molecule has 2 heterocycles. The molecular formula is C24H27FN4OS2. The maximum Gasteiger partial charge on any atom is 0.233 e. The highest BCUT2D eigenvalue weighted by molar-refractivity contribution is 7.99. The third kappa shape index (κ3) is 4.91. The second kappa shape index (κ2) is 9.75. The standard InChI is InChI=1S/C24H27FN4OS2/c25-18-10-8-17(9-11-18)15-28(19-5-2-1-3-6-19)22(30)16-32-24-27-26-23(21-7-4-14-31-21)29(24)20-12-13-20/h4,7-11,14,19-20H,1-3,5-6,12-13,15-16H2. The first-order chi connectivity index (χ1) is 15.7. The lowest BCUT2D eigenvalue weighted by Crippen LogP contribution is -2.42. The van der Waals surface area contributed by atoms with Crippen molar-refractivity contribution in [3.8, 4) is 10.7 Å². The molecule has 2 saturated carbocycles. The summed E-state index contributed by atoms with van der Waals surface area (Å²) in [6, 6.07) is 11.3. The van der Waals surface area contributed by atoms with Crippen molar-refractivity contribution in [1.29, 1.82) is 0 Å². The van der Waals surface area contributed by atoms with Crippen LogP contribution in [0.2, 0.25) is 0 Å². The first-order valence-electron chi connectivity index (χ1n) is 11.3. The van der Waals surface area contributed by atoms with Gasteiger partial charge >= 0.3 is 0 Å². The number of thiophene rings is 1. The molecule has 0 saturated heterocycles. The molecule has 0 spiro atoms. The molecule has 8 heteroatoms. The molecule has 2 aromatic heterocycles. The molecule has 2 fully saturated rings. The van der Waals surface area contributed by atoms with Crippen molar-refractivity contribution < 1.29 is 9.18 Å². The topological polar surface area (TPSA) is 51.0 Å². The second-order valence-corrected chi connectivity index (χ2v) is 10.5. The molecule has 2 aliphatic rings. The fourth-order valence-electron chi connectivity index (χ4n) is 4.42. The summed E-state index contributed by atoms with van der Waals surface area (Å²) in [6.07, 6.45) is 7.90. The van der Waals surface area contributed by atoms with E-state index in [0.29, 0.717) is 18.3 Å². The SMILES string of the molecule is O=C(CSc1nnc(-c2cccs2)n1C1CC1)N(Cc1ccc(F)cc1)C1CCCCC1. The lowest BCUT2D eigenvalue weighted by atomic mass is 9.94. The van der Waals surface area contributed by atoms with E-state index in [1.807, 2.05) is 11.0 Å². The van der Waals surface area contributed by atoms with Gasteiger partial charge in [0.05, 0.1) is 10.6 Å². The lowest BCUT2D eigenvalue weighted by molar-refractivity contribution is -0.132. The lowest BCUT2D eigenvalue weighted by Gasteiger charge is -2.34. The van der Waals surface area contributed by atoms with Gasteiger partial charge in [-0.3, -0.25) is 9.36 Å². The Labute approximate surface area is 196 Å². The first-order valence-corrected chi connectivity index (χ1v) is 13.2. The van der Waals surface area contributed by atoms with Gasteiger partial charge in [-0.2, -0.15) is 0 Å². The van der Waals surface area contributed by atoms with Crippen molar-refractivity contribution in [2.45, 2.75) is 68.7 Å². The monoisotopic (exact) mass is 470 g/mol. The molecule has 3 aromatic rings. The van der Waals surface area contributed by atoms with Gasteiger partial charge in [-0.05, 0) is 54.8 Å². The van der Waals surface area contributed by atoms with Crippen LogP contribution in [0.4, 0.5) is 4.39 Å². The van der Waals surface area contributed by atoms with Crippen LogP contribution in [0.25, 0.3) is 10.7 Å². The predicted molar refractivity (Wildman–Crippen MR) is 126 cm³/mol. The molecule has 32 heavy (non-hydrogen) atoms. The fraction of sp³-hybridized carbons (Fsp3) is 0.458. The van der Waals surface area contributed by atoms with Crippen molar-refractivity contribution in [1.82, 2.24) is 19.7 Å². The fourth-order valence-corrected chi connectivity index (χ4v) is 6.02. The minimum Gasteiger partial charge on any atom is -0.335 e. The number of hydrogen-bond donors (Lipinski definition) is 0. The highest BCUT2D eigenvalue weighted by Crippen LogP contribution is 2.41. The number of nitrogens with zero attached hydrogens (tertiary/aromatic N) is 4. The van der Waals surface area contributed by atoms with Crippen LogP contribution in [0.15, 0.2) is 46.9 Å². The Hall–Kier alpha value is -2.19. The Kier molecular flexibility index (Phi) is 6.59. The van der Waals surface area contributed by atoms with Gasteiger partial charge in [0.25, 0.3) is 0 Å². The van der Waals surface area contributed by atoms with E-state index in [-0.39, 0.29) is 17.8 Å². The molecular weight excluding hydrogens is 443 g/mol. The van der Waals surface area contributed by atoms with E-state index in [4.69, 9.17) is 0 Å². The van der Waals surface area contributed by atoms with Crippen molar-refractivity contribution in [2.75, 3.05) is 5.75 Å². The van der Waals surface area contributed by atoms with Gasteiger partial charge in [0, 0.05) is 18.6 Å². The van der Waals surface area contributed by atoms with Crippen molar-refractivity contribution >= 4 is 29.0 Å². The molecule has 1 aromatic carbocycles. The number of halogens is 1. The summed E-state index contributed by atoms with van der Waals surface area (Å²) < 4.78 is 15.6. The van der Waals surface area contributed by atoms with Crippen LogP contribution in [0, 0.1) is 5.82 Å². The molecule has 0 N–H and O–H groups in total. The van der Waals surface area contributed by atoms with E-state index in [2.05, 4.69) is 26.2 Å². The maximum atomic E-state index is 13.4. The van der Waals surface area contributed by atoms with E-state index in [9.17, 15) is 9.18 Å². The Morgan fingerprint density at radius 2 is 1.88 bits per heavy atom. The zero-order valence-electron chi connectivity index (χ0n) is 18.0. The van der Waals surface area contributed by atoms with Crippen LogP contribution < -0.4 is 0 Å². The number of thioether (sulfide) groups is 1. The summed E-state index contributed by atoms with van der Waals surface area (Å²) in [5.74, 6) is 1.12. The molecule has 5 rings (SSSR count). The van der Waals surface area contributed by atoms with Crippen LogP contribution in [0.5, 0.6) is 0 Å². The molecule has 0 aliphatic heterocycles. The molecule has 2 aliphatic carbocycles. The molecule has 0 atom stereocenters. The predicted octanol–water partition coefficient (Wildman–Crippen LogP) is 5.93. The number of hydrogen-bond acceptors (Lipinski definition) is 5. The number of amides is 1. The Morgan fingerprint density at radius 1 is 1.09 bits per heavy atom. The largest absolute Gasteiger partial charge is 0.335 e. The number of rotatable bonds is 8. The van der Waals surface area contributed by atoms with Crippen LogP contribution in [0.3, 0.4) is 0 Å². The van der Waals surface area contributed by atoms with Crippen LogP contribution in [-0.4, -0.2) is 37.4 Å². The third-order valence-corrected chi connectivity index (χ3v) is 8.04. The quantitative estimate of drug-likeness (QED) is 0.383. The van der Waals surface area contributed by atoms with E-state index in [0.717, 1.165) is 59.9 Å². The van der Waals surface area contributed by atoms with Crippen LogP contribution in [0.1, 0.15) is 56.6 Å². The highest BCUT2D eigenvalue weighted by atomic mass is 32.2. The first kappa shape index (κ1) is 21.6. The average molecular weight is 471 g/mol. The summed E-state index contributed by atoms with van der Waals surface area (Å²) in [5, 5.41) is 11.8. The maximum absolute atomic E-state index is 13.4. The van der Waals surface area contributed by atoms with Gasteiger partial charge in [0.1, 0.15) is 5.82 Å². The molecule has 0 bridgehead atoms. The minimum atomic E-state index is -0.249. The van der Waals surface area contributed by atoms with Gasteiger partial charge < -0.3 is 4.90 Å². The smallest absolute Gasteiger partial charge is 0.233 e. The minimum absolute atomic E-state index is 0.120. The average Bonchev–Trinajstić information content (AvgIpc) is 3.33. The number of benzene rings is 1. The molecule has 0 radical (unpaired) electrons. The summed E-state index contributed by atoms with van der Waals surface area (Å²) in [5.41, 5.74) is 0.969. The molecule has 168 valence electrons. The Bertz CT molecular complexity index is 1040. The van der Waals surface area contributed by atoms with E-state index >= 15 is 0 Å². The summed E-state index contributed by atoms with van der Waals surface area (Å²) >= 11 is 3.15. The molecule has 5 nitrogen and oxygen atoms in total. The molecule has 0 unspecified atom stereocenters. The Morgan fingerprint density at radius 3 is 2.56 bits per heavy atom. The normalized spacial score (nSPS) is 16.9. The van der Waals surface area contributed by atoms with E-state index < -0.39 is 0 Å². The Balaban J connectivity index is 1.32. The zero-order valence-corrected chi connectivity index (χ0v) is 19.6. The van der Waals surface area contributed by atoms with Crippen molar-refractivity contribution in [3.05, 3.63) is 53.2 Å². The summed E-state index contributed by atoms with van der Waals surface area (Å²) in [6.45, 7) is 0.528. The zero-order chi connectivity index (χ0) is 21.9. The van der Waals surface area contributed by atoms with Gasteiger partial charge in [-0.1, -0.05) is 49.2 Å². The number of carbonyl (C=O) groups excluding carboxylic acids is 1. The van der Waals surface area contributed by atoms with Crippen molar-refractivity contribution in [2.24, 2.45) is 0 Å². The van der Waals surface area contributed by atoms with Gasteiger partial charge in [0.2, 0.25) is 5.91 Å². The highest BCUT2D eigenvalue weighted by Gasteiger charge is 2.31. The third-order valence-electron chi connectivity index (χ3n) is 6.24. The summed E-state index contributed by atoms with van der Waals surface area (Å²) in [7, 11) is 0. The number of aromatic nitrogens is 3. The number of carbonyl (C=O) groups is 1. The molecule has 1 amide bonds. The van der Waals surface area contributed by atoms with Crippen LogP contribution in [-0.2, 0) is 11.3 Å². The van der Waals surface area contributed by atoms with Gasteiger partial charge in [-0.25, -0.2) is 4.39 Å². The van der Waals surface area contributed by atoms with Crippen LogP contribution >= 0.6 is 23.1 Å². The van der Waals surface area contributed by atoms with E-state index in [1.54, 1.807) is 23.5 Å². The van der Waals surface area contributed by atoms with E-state index in [1.165, 1.54) is 30.3 Å². The second-order valence-electron chi connectivity index (χ2n) is 8.61. The van der Waals surface area contributed by atoms with Gasteiger partial charge in [0.15, 0.2) is 11.0 Å². The van der Waals surface area contributed by atoms with Crippen molar-refractivity contribution in [3.63, 3.8) is 0 Å².